The van der Waals surface area contributed by atoms with Gasteiger partial charge in [-0.1, -0.05) is 30.3 Å². The number of hydrogen-bond donors (Lipinski definition) is 1. The molecule has 1 atom stereocenters. The van der Waals surface area contributed by atoms with Crippen LogP contribution in [-0.4, -0.2) is 13.2 Å². The van der Waals surface area contributed by atoms with E-state index < -0.39 is 0 Å². The minimum absolute atomic E-state index is 0.547. The molecule has 0 saturated heterocycles. The number of benzene rings is 2. The highest BCUT2D eigenvalue weighted by Crippen LogP contribution is 2.32. The zero-order chi connectivity index (χ0) is 13.1. The summed E-state index contributed by atoms with van der Waals surface area (Å²) in [6.07, 6.45) is 1.08. The van der Waals surface area contributed by atoms with Gasteiger partial charge >= 0.3 is 0 Å². The highest BCUT2D eigenvalue weighted by Gasteiger charge is 2.19. The van der Waals surface area contributed by atoms with Crippen molar-refractivity contribution in [3.05, 3.63) is 59.7 Å². The highest BCUT2D eigenvalue weighted by molar-refractivity contribution is 5.57. The quantitative estimate of drug-likeness (QED) is 0.897. The Kier molecular flexibility index (Phi) is 3.41. The van der Waals surface area contributed by atoms with Gasteiger partial charge < -0.3 is 10.1 Å². The van der Waals surface area contributed by atoms with Gasteiger partial charge in [0.25, 0.3) is 0 Å². The van der Waals surface area contributed by atoms with E-state index in [2.05, 4.69) is 47.8 Å². The van der Waals surface area contributed by atoms with E-state index in [1.807, 2.05) is 13.0 Å². The normalized spacial score (nSPS) is 17.4. The molecular formula is C17H19NO. The molecule has 1 aliphatic rings. The molecule has 0 bridgehead atoms. The summed E-state index contributed by atoms with van der Waals surface area (Å²) in [4.78, 5) is 0. The first kappa shape index (κ1) is 12.1. The summed E-state index contributed by atoms with van der Waals surface area (Å²) in [5.41, 5.74) is 4.00. The molecule has 0 saturated carbocycles. The average molecular weight is 253 g/mol. The van der Waals surface area contributed by atoms with Crippen molar-refractivity contribution in [3.8, 4) is 5.75 Å². The number of fused-ring (bicyclic) bond motifs is 1. The van der Waals surface area contributed by atoms with E-state index in [9.17, 15) is 0 Å². The standard InChI is InChI=1S/C17H19NO/c1-2-19-16-8-9-17-14(11-16)10-15(12-18-17)13-6-4-3-5-7-13/h3-9,11,15,18H,2,10,12H2,1H3. The number of anilines is 1. The maximum absolute atomic E-state index is 5.59. The van der Waals surface area contributed by atoms with Crippen LogP contribution in [0.5, 0.6) is 5.75 Å². The van der Waals surface area contributed by atoms with Crippen molar-refractivity contribution in [1.29, 1.82) is 0 Å². The van der Waals surface area contributed by atoms with Crippen LogP contribution in [0.3, 0.4) is 0 Å². The van der Waals surface area contributed by atoms with Crippen molar-refractivity contribution >= 4 is 5.69 Å². The van der Waals surface area contributed by atoms with E-state index in [0.29, 0.717) is 12.5 Å². The van der Waals surface area contributed by atoms with Crippen LogP contribution in [-0.2, 0) is 6.42 Å². The fraction of sp³-hybridized carbons (Fsp3) is 0.294. The Hall–Kier alpha value is -1.96. The molecule has 0 radical (unpaired) electrons. The van der Waals surface area contributed by atoms with Gasteiger partial charge in [0.15, 0.2) is 0 Å². The Morgan fingerprint density at radius 1 is 1.16 bits per heavy atom. The lowest BCUT2D eigenvalue weighted by molar-refractivity contribution is 0.340. The third kappa shape index (κ3) is 2.58. The second-order valence-corrected chi connectivity index (χ2v) is 4.94. The molecule has 19 heavy (non-hydrogen) atoms. The van der Waals surface area contributed by atoms with Crippen LogP contribution < -0.4 is 10.1 Å². The topological polar surface area (TPSA) is 21.3 Å². The summed E-state index contributed by atoms with van der Waals surface area (Å²) in [6.45, 7) is 3.74. The van der Waals surface area contributed by atoms with Crippen LogP contribution in [0.25, 0.3) is 0 Å². The lowest BCUT2D eigenvalue weighted by Gasteiger charge is -2.27. The average Bonchev–Trinajstić information content (AvgIpc) is 2.48. The summed E-state index contributed by atoms with van der Waals surface area (Å²) in [6, 6.07) is 17.1. The Morgan fingerprint density at radius 2 is 2.00 bits per heavy atom. The van der Waals surface area contributed by atoms with Gasteiger partial charge in [0.2, 0.25) is 0 Å². The predicted octanol–water partition coefficient (Wildman–Crippen LogP) is 3.84. The fourth-order valence-electron chi connectivity index (χ4n) is 2.70. The molecule has 0 amide bonds. The fourth-order valence-corrected chi connectivity index (χ4v) is 2.70. The Labute approximate surface area is 114 Å². The van der Waals surface area contributed by atoms with E-state index in [-0.39, 0.29) is 0 Å². The third-order valence-corrected chi connectivity index (χ3v) is 3.66. The maximum atomic E-state index is 5.59. The van der Waals surface area contributed by atoms with E-state index >= 15 is 0 Å². The van der Waals surface area contributed by atoms with Crippen molar-refractivity contribution < 1.29 is 4.74 Å². The molecular weight excluding hydrogens is 234 g/mol. The predicted molar refractivity (Wildman–Crippen MR) is 79.0 cm³/mol. The molecule has 1 unspecified atom stereocenters. The summed E-state index contributed by atoms with van der Waals surface area (Å²) < 4.78 is 5.59. The van der Waals surface area contributed by atoms with Gasteiger partial charge in [-0.15, -0.1) is 0 Å². The largest absolute Gasteiger partial charge is 0.494 e. The van der Waals surface area contributed by atoms with Gasteiger partial charge in [0.05, 0.1) is 6.61 Å². The monoisotopic (exact) mass is 253 g/mol. The molecule has 0 fully saturated rings. The highest BCUT2D eigenvalue weighted by atomic mass is 16.5. The minimum Gasteiger partial charge on any atom is -0.494 e. The molecule has 0 aromatic heterocycles. The molecule has 1 N–H and O–H groups in total. The molecule has 2 heteroatoms. The molecule has 2 aromatic rings. The second kappa shape index (κ2) is 5.35. The van der Waals surface area contributed by atoms with Crippen molar-refractivity contribution in [2.45, 2.75) is 19.3 Å². The SMILES string of the molecule is CCOc1ccc2c(c1)CC(c1ccccc1)CN2. The van der Waals surface area contributed by atoms with Crippen LogP contribution >= 0.6 is 0 Å². The lowest BCUT2D eigenvalue weighted by Crippen LogP contribution is -2.21. The molecule has 2 aromatic carbocycles. The molecule has 1 aliphatic heterocycles. The Bertz CT molecular complexity index is 550. The third-order valence-electron chi connectivity index (χ3n) is 3.66. The first-order valence-corrected chi connectivity index (χ1v) is 6.91. The first-order chi connectivity index (χ1) is 9.36. The van der Waals surface area contributed by atoms with Gasteiger partial charge in [-0.25, -0.2) is 0 Å². The van der Waals surface area contributed by atoms with E-state index in [0.717, 1.165) is 18.7 Å². The maximum Gasteiger partial charge on any atom is 0.119 e. The first-order valence-electron chi connectivity index (χ1n) is 6.91. The van der Waals surface area contributed by atoms with E-state index in [1.54, 1.807) is 0 Å². The Balaban J connectivity index is 1.84. The lowest BCUT2D eigenvalue weighted by atomic mass is 9.88. The summed E-state index contributed by atoms with van der Waals surface area (Å²) >= 11 is 0. The smallest absolute Gasteiger partial charge is 0.119 e. The van der Waals surface area contributed by atoms with Crippen LogP contribution in [0.4, 0.5) is 5.69 Å². The van der Waals surface area contributed by atoms with Crippen molar-refractivity contribution in [2.24, 2.45) is 0 Å². The zero-order valence-corrected chi connectivity index (χ0v) is 11.2. The molecule has 98 valence electrons. The number of ether oxygens (including phenoxy) is 1. The molecule has 0 spiro atoms. The van der Waals surface area contributed by atoms with Crippen LogP contribution in [0.15, 0.2) is 48.5 Å². The summed E-state index contributed by atoms with van der Waals surface area (Å²) in [5.74, 6) is 1.52. The molecule has 0 aliphatic carbocycles. The van der Waals surface area contributed by atoms with Crippen LogP contribution in [0.2, 0.25) is 0 Å². The molecule has 1 heterocycles. The van der Waals surface area contributed by atoms with E-state index in [4.69, 9.17) is 4.74 Å². The minimum atomic E-state index is 0.547. The van der Waals surface area contributed by atoms with Gasteiger partial charge in [0.1, 0.15) is 5.75 Å². The number of nitrogens with one attached hydrogen (secondary N) is 1. The van der Waals surface area contributed by atoms with Crippen molar-refractivity contribution in [3.63, 3.8) is 0 Å². The van der Waals surface area contributed by atoms with Crippen molar-refractivity contribution in [2.75, 3.05) is 18.5 Å². The number of hydrogen-bond acceptors (Lipinski definition) is 2. The van der Waals surface area contributed by atoms with Crippen LogP contribution in [0.1, 0.15) is 24.0 Å². The zero-order valence-electron chi connectivity index (χ0n) is 11.2. The summed E-state index contributed by atoms with van der Waals surface area (Å²) in [5, 5.41) is 3.52. The van der Waals surface area contributed by atoms with Gasteiger partial charge in [-0.2, -0.15) is 0 Å². The number of rotatable bonds is 3. The molecule has 3 rings (SSSR count). The van der Waals surface area contributed by atoms with E-state index in [1.165, 1.54) is 16.8 Å². The summed E-state index contributed by atoms with van der Waals surface area (Å²) in [7, 11) is 0. The second-order valence-electron chi connectivity index (χ2n) is 4.94. The van der Waals surface area contributed by atoms with Crippen molar-refractivity contribution in [1.82, 2.24) is 0 Å². The molecule has 2 nitrogen and oxygen atoms in total. The van der Waals surface area contributed by atoms with Gasteiger partial charge in [0, 0.05) is 18.2 Å². The Morgan fingerprint density at radius 3 is 2.79 bits per heavy atom. The van der Waals surface area contributed by atoms with Gasteiger partial charge in [-0.05, 0) is 42.7 Å². The van der Waals surface area contributed by atoms with Gasteiger partial charge in [-0.3, -0.25) is 0 Å². The van der Waals surface area contributed by atoms with Crippen LogP contribution in [0, 0.1) is 0 Å².